The molecular formula is C25H22N4O4. The number of nitrogens with zero attached hydrogens (tertiary/aromatic N) is 3. The molecule has 166 valence electrons. The molecule has 1 N–H and O–H groups in total. The Morgan fingerprint density at radius 1 is 1.00 bits per heavy atom. The van der Waals surface area contributed by atoms with Gasteiger partial charge in [-0.05, 0) is 23.8 Å². The Hall–Kier alpha value is -4.46. The number of hydrogen-bond donors (Lipinski definition) is 1. The molecular weight excluding hydrogens is 420 g/mol. The average molecular weight is 442 g/mol. The maximum Gasteiger partial charge on any atom is 0.292 e. The molecule has 0 fully saturated rings. The van der Waals surface area contributed by atoms with Crippen LogP contribution in [0.15, 0.2) is 82.7 Å². The molecule has 4 aromatic rings. The summed E-state index contributed by atoms with van der Waals surface area (Å²) in [4.78, 5) is 25.9. The van der Waals surface area contributed by atoms with Crippen molar-refractivity contribution in [1.29, 1.82) is 0 Å². The second-order valence-electron chi connectivity index (χ2n) is 7.15. The van der Waals surface area contributed by atoms with Gasteiger partial charge in [-0.15, -0.1) is 0 Å². The Morgan fingerprint density at radius 2 is 1.73 bits per heavy atom. The molecule has 8 heteroatoms. The van der Waals surface area contributed by atoms with E-state index in [1.807, 2.05) is 30.3 Å². The molecule has 0 saturated carbocycles. The summed E-state index contributed by atoms with van der Waals surface area (Å²) in [7, 11) is 3.11. The van der Waals surface area contributed by atoms with Crippen LogP contribution >= 0.6 is 0 Å². The monoisotopic (exact) mass is 442 g/mol. The van der Waals surface area contributed by atoms with Crippen molar-refractivity contribution in [3.8, 4) is 11.5 Å². The number of methoxy groups -OCH3 is 2. The van der Waals surface area contributed by atoms with E-state index in [-0.39, 0.29) is 17.8 Å². The van der Waals surface area contributed by atoms with Crippen LogP contribution in [0.2, 0.25) is 0 Å². The maximum atomic E-state index is 13.0. The third-order valence-electron chi connectivity index (χ3n) is 5.07. The molecule has 1 heterocycles. The van der Waals surface area contributed by atoms with Crippen LogP contribution in [0.4, 0.5) is 0 Å². The van der Waals surface area contributed by atoms with Crippen LogP contribution in [0.3, 0.4) is 0 Å². The Kier molecular flexibility index (Phi) is 6.45. The normalized spacial score (nSPS) is 11.0. The summed E-state index contributed by atoms with van der Waals surface area (Å²) in [5.74, 6) is 0.661. The molecule has 0 aliphatic rings. The van der Waals surface area contributed by atoms with Gasteiger partial charge in [0.25, 0.3) is 11.5 Å². The van der Waals surface area contributed by atoms with Gasteiger partial charge in [-0.2, -0.15) is 10.2 Å². The van der Waals surface area contributed by atoms with Gasteiger partial charge in [0.1, 0.15) is 11.5 Å². The van der Waals surface area contributed by atoms with Crippen LogP contribution in [0, 0.1) is 0 Å². The highest BCUT2D eigenvalue weighted by Gasteiger charge is 2.16. The number of nitrogens with one attached hydrogen (secondary N) is 1. The van der Waals surface area contributed by atoms with E-state index in [2.05, 4.69) is 15.6 Å². The van der Waals surface area contributed by atoms with Gasteiger partial charge in [0, 0.05) is 17.0 Å². The lowest BCUT2D eigenvalue weighted by atomic mass is 10.1. The molecule has 0 aliphatic heterocycles. The molecule has 3 aromatic carbocycles. The van der Waals surface area contributed by atoms with Gasteiger partial charge in [-0.3, -0.25) is 9.59 Å². The van der Waals surface area contributed by atoms with Gasteiger partial charge in [0.2, 0.25) is 0 Å². The molecule has 0 spiro atoms. The SMILES string of the molecule is COc1ccc(/C=N\NC(=O)c2nn(Cc3ccccc3)c(=O)c3ccccc23)c(OC)c1. The number of amides is 1. The quantitative estimate of drug-likeness (QED) is 0.350. The molecule has 0 unspecified atom stereocenters. The fourth-order valence-corrected chi connectivity index (χ4v) is 3.40. The molecule has 1 amide bonds. The smallest absolute Gasteiger partial charge is 0.292 e. The van der Waals surface area contributed by atoms with Gasteiger partial charge in [-0.1, -0.05) is 48.5 Å². The fraction of sp³-hybridized carbons (Fsp3) is 0.120. The third kappa shape index (κ3) is 4.74. The van der Waals surface area contributed by atoms with Crippen molar-refractivity contribution in [3.05, 3.63) is 100.0 Å². The van der Waals surface area contributed by atoms with Crippen molar-refractivity contribution in [1.82, 2.24) is 15.2 Å². The third-order valence-corrected chi connectivity index (χ3v) is 5.07. The Bertz CT molecular complexity index is 1380. The van der Waals surface area contributed by atoms with E-state index in [0.29, 0.717) is 27.8 Å². The van der Waals surface area contributed by atoms with Crippen molar-refractivity contribution < 1.29 is 14.3 Å². The Labute approximate surface area is 190 Å². The maximum absolute atomic E-state index is 13.0. The van der Waals surface area contributed by atoms with E-state index in [4.69, 9.17) is 9.47 Å². The highest BCUT2D eigenvalue weighted by molar-refractivity contribution is 6.05. The van der Waals surface area contributed by atoms with Crippen LogP contribution in [0.25, 0.3) is 10.8 Å². The minimum atomic E-state index is -0.531. The van der Waals surface area contributed by atoms with Gasteiger partial charge in [0.15, 0.2) is 5.69 Å². The van der Waals surface area contributed by atoms with Gasteiger partial charge < -0.3 is 9.47 Å². The second-order valence-corrected chi connectivity index (χ2v) is 7.15. The average Bonchev–Trinajstić information content (AvgIpc) is 2.86. The lowest BCUT2D eigenvalue weighted by molar-refractivity contribution is 0.0949. The van der Waals surface area contributed by atoms with E-state index in [9.17, 15) is 9.59 Å². The van der Waals surface area contributed by atoms with Crippen LogP contribution < -0.4 is 20.5 Å². The number of rotatable bonds is 7. The van der Waals surface area contributed by atoms with Crippen molar-refractivity contribution in [2.45, 2.75) is 6.54 Å². The molecule has 33 heavy (non-hydrogen) atoms. The molecule has 0 bridgehead atoms. The summed E-state index contributed by atoms with van der Waals surface area (Å²) in [5.41, 5.74) is 3.90. The standard InChI is InChI=1S/C25H22N4O4/c1-32-19-13-12-18(22(14-19)33-2)15-26-27-24(30)23-20-10-6-7-11-21(20)25(31)29(28-23)16-17-8-4-3-5-9-17/h3-15H,16H2,1-2H3,(H,27,30)/b26-15-. The summed E-state index contributed by atoms with van der Waals surface area (Å²) in [5, 5.41) is 9.28. The summed E-state index contributed by atoms with van der Waals surface area (Å²) in [6.07, 6.45) is 1.47. The summed E-state index contributed by atoms with van der Waals surface area (Å²) in [6, 6.07) is 21.6. The number of benzene rings is 3. The van der Waals surface area contributed by atoms with Crippen molar-refractivity contribution in [2.24, 2.45) is 5.10 Å². The van der Waals surface area contributed by atoms with Crippen molar-refractivity contribution >= 4 is 22.9 Å². The molecule has 0 saturated heterocycles. The number of hydrogen-bond acceptors (Lipinski definition) is 6. The molecule has 0 atom stereocenters. The van der Waals surface area contributed by atoms with Crippen LogP contribution in [-0.4, -0.2) is 36.1 Å². The number of carbonyl (C=O) groups is 1. The Balaban J connectivity index is 1.65. The first-order valence-electron chi connectivity index (χ1n) is 10.2. The van der Waals surface area contributed by atoms with Crippen molar-refractivity contribution in [2.75, 3.05) is 14.2 Å². The number of fused-ring (bicyclic) bond motifs is 1. The van der Waals surface area contributed by atoms with Crippen LogP contribution in [0.1, 0.15) is 21.6 Å². The first-order chi connectivity index (χ1) is 16.1. The Morgan fingerprint density at radius 3 is 2.45 bits per heavy atom. The lowest BCUT2D eigenvalue weighted by Gasteiger charge is -2.10. The zero-order chi connectivity index (χ0) is 23.2. The van der Waals surface area contributed by atoms with Gasteiger partial charge in [-0.25, -0.2) is 10.1 Å². The topological polar surface area (TPSA) is 94.8 Å². The summed E-state index contributed by atoms with van der Waals surface area (Å²) in [6.45, 7) is 0.247. The highest BCUT2D eigenvalue weighted by Crippen LogP contribution is 2.23. The van der Waals surface area contributed by atoms with E-state index < -0.39 is 5.91 Å². The largest absolute Gasteiger partial charge is 0.497 e. The molecule has 8 nitrogen and oxygen atoms in total. The molecule has 4 rings (SSSR count). The minimum absolute atomic E-state index is 0.111. The van der Waals surface area contributed by atoms with Gasteiger partial charge in [0.05, 0.1) is 32.4 Å². The number of hydrazone groups is 1. The lowest BCUT2D eigenvalue weighted by Crippen LogP contribution is -2.29. The molecule has 0 aliphatic carbocycles. The van der Waals surface area contributed by atoms with Crippen LogP contribution in [0.5, 0.6) is 11.5 Å². The predicted octanol–water partition coefficient (Wildman–Crippen LogP) is 3.23. The van der Waals surface area contributed by atoms with E-state index in [1.165, 1.54) is 18.0 Å². The van der Waals surface area contributed by atoms with E-state index in [0.717, 1.165) is 5.56 Å². The van der Waals surface area contributed by atoms with Crippen molar-refractivity contribution in [3.63, 3.8) is 0 Å². The van der Waals surface area contributed by atoms with E-state index >= 15 is 0 Å². The zero-order valence-corrected chi connectivity index (χ0v) is 18.2. The first kappa shape index (κ1) is 21.8. The summed E-state index contributed by atoms with van der Waals surface area (Å²) < 4.78 is 11.8. The van der Waals surface area contributed by atoms with Gasteiger partial charge >= 0.3 is 0 Å². The number of aromatic nitrogens is 2. The zero-order valence-electron chi connectivity index (χ0n) is 18.2. The highest BCUT2D eigenvalue weighted by atomic mass is 16.5. The second kappa shape index (κ2) is 9.78. The minimum Gasteiger partial charge on any atom is -0.497 e. The predicted molar refractivity (Wildman–Crippen MR) is 126 cm³/mol. The first-order valence-corrected chi connectivity index (χ1v) is 10.2. The number of ether oxygens (including phenoxy) is 2. The van der Waals surface area contributed by atoms with E-state index in [1.54, 1.807) is 49.6 Å². The molecule has 0 radical (unpaired) electrons. The molecule has 1 aromatic heterocycles. The van der Waals surface area contributed by atoms with Crippen LogP contribution in [-0.2, 0) is 6.54 Å². The number of carbonyl (C=O) groups excluding carboxylic acids is 1. The summed E-state index contributed by atoms with van der Waals surface area (Å²) >= 11 is 0. The fourth-order valence-electron chi connectivity index (χ4n) is 3.40.